The van der Waals surface area contributed by atoms with Gasteiger partial charge in [-0.25, -0.2) is 4.98 Å². The maximum absolute atomic E-state index is 4.55. The molecule has 0 aromatic carbocycles. The van der Waals surface area contributed by atoms with Gasteiger partial charge < -0.3 is 4.57 Å². The molecule has 1 aliphatic rings. The second-order valence-corrected chi connectivity index (χ2v) is 5.66. The van der Waals surface area contributed by atoms with Crippen LogP contribution in [0.15, 0.2) is 9.21 Å². The highest BCUT2D eigenvalue weighted by Crippen LogP contribution is 2.39. The maximum Gasteiger partial charge on any atom is 0.139 e. The fourth-order valence-corrected chi connectivity index (χ4v) is 2.73. The summed E-state index contributed by atoms with van der Waals surface area (Å²) in [6.07, 6.45) is 3.94. The largest absolute Gasteiger partial charge is 0.318 e. The van der Waals surface area contributed by atoms with Crippen LogP contribution in [-0.4, -0.2) is 9.55 Å². The maximum atomic E-state index is 4.55. The number of hydrogen-bond acceptors (Lipinski definition) is 1. The molecule has 1 aromatic rings. The second-order valence-electron chi connectivity index (χ2n) is 4.16. The highest BCUT2D eigenvalue weighted by atomic mass is 79.9. The molecule has 78 valence electrons. The third kappa shape index (κ3) is 1.67. The van der Waals surface area contributed by atoms with Gasteiger partial charge in [-0.1, -0.05) is 13.8 Å². The van der Waals surface area contributed by atoms with Gasteiger partial charge in [0.15, 0.2) is 0 Å². The molecule has 2 rings (SSSR count). The van der Waals surface area contributed by atoms with Crippen molar-refractivity contribution in [1.29, 1.82) is 0 Å². The van der Waals surface area contributed by atoms with Crippen molar-refractivity contribution >= 4 is 31.9 Å². The van der Waals surface area contributed by atoms with Gasteiger partial charge in [0.1, 0.15) is 15.0 Å². The molecule has 1 saturated carbocycles. The standard InChI is InChI=1S/C10H14Br2N2/c1-6(2)10-13-8(11)9(12)14(10)7-4-3-5-7/h6-7H,3-5H2,1-2H3. The Balaban J connectivity index is 2.42. The van der Waals surface area contributed by atoms with E-state index in [1.165, 1.54) is 25.1 Å². The van der Waals surface area contributed by atoms with Crippen LogP contribution in [0.1, 0.15) is 50.9 Å². The summed E-state index contributed by atoms with van der Waals surface area (Å²) in [4.78, 5) is 4.55. The molecule has 1 heterocycles. The summed E-state index contributed by atoms with van der Waals surface area (Å²) in [5.74, 6) is 1.67. The smallest absolute Gasteiger partial charge is 0.139 e. The first kappa shape index (κ1) is 10.7. The summed E-state index contributed by atoms with van der Waals surface area (Å²) in [6, 6.07) is 0.667. The quantitative estimate of drug-likeness (QED) is 0.796. The van der Waals surface area contributed by atoms with Crippen LogP contribution in [0.5, 0.6) is 0 Å². The zero-order valence-corrected chi connectivity index (χ0v) is 11.6. The molecule has 0 aliphatic heterocycles. The first-order valence-electron chi connectivity index (χ1n) is 5.04. The Morgan fingerprint density at radius 1 is 1.36 bits per heavy atom. The molecular weight excluding hydrogens is 308 g/mol. The molecule has 2 nitrogen and oxygen atoms in total. The van der Waals surface area contributed by atoms with Crippen LogP contribution in [-0.2, 0) is 0 Å². The normalized spacial score (nSPS) is 17.5. The summed E-state index contributed by atoms with van der Waals surface area (Å²) in [5.41, 5.74) is 0. The zero-order valence-electron chi connectivity index (χ0n) is 8.43. The average molecular weight is 322 g/mol. The van der Waals surface area contributed by atoms with Gasteiger partial charge in [-0.2, -0.15) is 0 Å². The lowest BCUT2D eigenvalue weighted by molar-refractivity contribution is 0.299. The molecule has 0 unspecified atom stereocenters. The van der Waals surface area contributed by atoms with Crippen molar-refractivity contribution < 1.29 is 0 Å². The lowest BCUT2D eigenvalue weighted by atomic mass is 9.92. The van der Waals surface area contributed by atoms with Gasteiger partial charge in [0.05, 0.1) is 0 Å². The van der Waals surface area contributed by atoms with Crippen molar-refractivity contribution in [1.82, 2.24) is 9.55 Å². The molecule has 0 bridgehead atoms. The number of imidazole rings is 1. The van der Waals surface area contributed by atoms with E-state index >= 15 is 0 Å². The van der Waals surface area contributed by atoms with Gasteiger partial charge in [0.25, 0.3) is 0 Å². The number of halogens is 2. The third-order valence-electron chi connectivity index (χ3n) is 2.80. The Kier molecular flexibility index (Phi) is 3.03. The van der Waals surface area contributed by atoms with Gasteiger partial charge in [0, 0.05) is 12.0 Å². The first-order valence-corrected chi connectivity index (χ1v) is 6.63. The molecule has 1 aromatic heterocycles. The Bertz CT molecular complexity index is 340. The van der Waals surface area contributed by atoms with Crippen molar-refractivity contribution in [3.63, 3.8) is 0 Å². The van der Waals surface area contributed by atoms with E-state index < -0.39 is 0 Å². The van der Waals surface area contributed by atoms with Gasteiger partial charge in [-0.05, 0) is 51.1 Å². The molecule has 0 radical (unpaired) electrons. The van der Waals surface area contributed by atoms with Crippen molar-refractivity contribution in [2.75, 3.05) is 0 Å². The molecule has 0 saturated heterocycles. The Morgan fingerprint density at radius 3 is 2.43 bits per heavy atom. The molecule has 0 N–H and O–H groups in total. The van der Waals surface area contributed by atoms with Gasteiger partial charge in [0.2, 0.25) is 0 Å². The summed E-state index contributed by atoms with van der Waals surface area (Å²) in [7, 11) is 0. The topological polar surface area (TPSA) is 17.8 Å². The average Bonchev–Trinajstić information content (AvgIpc) is 2.29. The van der Waals surface area contributed by atoms with E-state index in [0.717, 1.165) is 9.21 Å². The molecule has 1 aliphatic carbocycles. The lowest BCUT2D eigenvalue weighted by Gasteiger charge is -2.30. The monoisotopic (exact) mass is 320 g/mol. The highest BCUT2D eigenvalue weighted by molar-refractivity contribution is 9.13. The molecule has 4 heteroatoms. The van der Waals surface area contributed by atoms with Crippen LogP contribution >= 0.6 is 31.9 Å². The molecule has 0 spiro atoms. The Labute approximate surface area is 101 Å². The van der Waals surface area contributed by atoms with Crippen molar-refractivity contribution in [2.24, 2.45) is 0 Å². The Hall–Kier alpha value is 0.170. The van der Waals surface area contributed by atoms with E-state index in [1.807, 2.05) is 0 Å². The fourth-order valence-electron chi connectivity index (χ4n) is 1.80. The predicted octanol–water partition coefficient (Wildman–Crippen LogP) is 4.26. The van der Waals surface area contributed by atoms with E-state index in [4.69, 9.17) is 0 Å². The van der Waals surface area contributed by atoms with Crippen molar-refractivity contribution in [3.8, 4) is 0 Å². The minimum absolute atomic E-state index is 0.484. The SMILES string of the molecule is CC(C)c1nc(Br)c(Br)n1C1CCC1. The lowest BCUT2D eigenvalue weighted by Crippen LogP contribution is -2.20. The predicted molar refractivity (Wildman–Crippen MR) is 64.6 cm³/mol. The summed E-state index contributed by atoms with van der Waals surface area (Å²) in [6.45, 7) is 4.38. The zero-order chi connectivity index (χ0) is 10.3. The first-order chi connectivity index (χ1) is 6.61. The van der Waals surface area contributed by atoms with Crippen molar-refractivity contribution in [2.45, 2.75) is 45.1 Å². The van der Waals surface area contributed by atoms with Crippen LogP contribution in [0.3, 0.4) is 0 Å². The summed E-state index contributed by atoms with van der Waals surface area (Å²) in [5, 5.41) is 0. The van der Waals surface area contributed by atoms with E-state index in [0.29, 0.717) is 12.0 Å². The third-order valence-corrected chi connectivity index (χ3v) is 4.64. The van der Waals surface area contributed by atoms with Gasteiger partial charge in [-0.15, -0.1) is 0 Å². The van der Waals surface area contributed by atoms with E-state index in [-0.39, 0.29) is 0 Å². The van der Waals surface area contributed by atoms with E-state index in [1.54, 1.807) is 0 Å². The number of aromatic nitrogens is 2. The van der Waals surface area contributed by atoms with E-state index in [2.05, 4.69) is 55.3 Å². The van der Waals surface area contributed by atoms with Crippen LogP contribution in [0.25, 0.3) is 0 Å². The molecule has 1 fully saturated rings. The van der Waals surface area contributed by atoms with Crippen LogP contribution in [0.2, 0.25) is 0 Å². The molecule has 0 atom stereocenters. The van der Waals surface area contributed by atoms with Gasteiger partial charge >= 0.3 is 0 Å². The van der Waals surface area contributed by atoms with Gasteiger partial charge in [-0.3, -0.25) is 0 Å². The van der Waals surface area contributed by atoms with Crippen LogP contribution < -0.4 is 0 Å². The summed E-state index contributed by atoms with van der Waals surface area (Å²) < 4.78 is 4.39. The second kappa shape index (κ2) is 3.97. The van der Waals surface area contributed by atoms with Crippen molar-refractivity contribution in [3.05, 3.63) is 15.0 Å². The fraction of sp³-hybridized carbons (Fsp3) is 0.700. The van der Waals surface area contributed by atoms with Crippen LogP contribution in [0.4, 0.5) is 0 Å². The number of nitrogens with zero attached hydrogens (tertiary/aromatic N) is 2. The van der Waals surface area contributed by atoms with Crippen LogP contribution in [0, 0.1) is 0 Å². The highest BCUT2D eigenvalue weighted by Gasteiger charge is 2.26. The molecule has 0 amide bonds. The minimum atomic E-state index is 0.484. The minimum Gasteiger partial charge on any atom is -0.318 e. The number of rotatable bonds is 2. The Morgan fingerprint density at radius 2 is 2.00 bits per heavy atom. The number of hydrogen-bond donors (Lipinski definition) is 0. The van der Waals surface area contributed by atoms with E-state index in [9.17, 15) is 0 Å². The molecular formula is C10H14Br2N2. The summed E-state index contributed by atoms with van der Waals surface area (Å²) >= 11 is 7.08. The molecule has 14 heavy (non-hydrogen) atoms.